The van der Waals surface area contributed by atoms with Crippen LogP contribution in [0.4, 0.5) is 11.4 Å². The van der Waals surface area contributed by atoms with E-state index in [1.165, 1.54) is 0 Å². The van der Waals surface area contributed by atoms with E-state index in [-0.39, 0.29) is 5.91 Å². The summed E-state index contributed by atoms with van der Waals surface area (Å²) in [6.45, 7) is 1.53. The maximum Gasteiger partial charge on any atom is 0.227 e. The molecule has 1 aromatic heterocycles. The predicted molar refractivity (Wildman–Crippen MR) is 84.6 cm³/mol. The maximum atomic E-state index is 11.7. The lowest BCUT2D eigenvalue weighted by Crippen LogP contribution is -2.23. The fraction of sp³-hybridized carbons (Fsp3) is 0.250. The van der Waals surface area contributed by atoms with Crippen molar-refractivity contribution in [2.24, 2.45) is 0 Å². The normalized spacial score (nSPS) is 14.5. The van der Waals surface area contributed by atoms with Crippen molar-refractivity contribution in [1.29, 1.82) is 0 Å². The first kappa shape index (κ1) is 13.9. The Bertz CT molecular complexity index is 642. The minimum atomic E-state index is 0.215. The highest BCUT2D eigenvalue weighted by atomic mass is 35.5. The SMILES string of the molecule is O=C1CCCN1c1ccc(CNc2ccnc(Cl)c2)cc1. The zero-order valence-corrected chi connectivity index (χ0v) is 12.3. The van der Waals surface area contributed by atoms with Gasteiger partial charge in [-0.25, -0.2) is 4.98 Å². The smallest absolute Gasteiger partial charge is 0.227 e. The van der Waals surface area contributed by atoms with Crippen LogP contribution in [0.15, 0.2) is 42.6 Å². The Morgan fingerprint density at radius 2 is 2.05 bits per heavy atom. The number of anilines is 2. The van der Waals surface area contributed by atoms with Crippen LogP contribution in [0.2, 0.25) is 5.15 Å². The molecule has 1 amide bonds. The van der Waals surface area contributed by atoms with E-state index in [1.54, 1.807) is 12.3 Å². The molecular formula is C16H16ClN3O. The first-order chi connectivity index (χ1) is 10.2. The van der Waals surface area contributed by atoms with Crippen molar-refractivity contribution >= 4 is 28.9 Å². The Labute approximate surface area is 128 Å². The van der Waals surface area contributed by atoms with Gasteiger partial charge in [0.05, 0.1) is 0 Å². The number of nitrogens with zero attached hydrogens (tertiary/aromatic N) is 2. The fourth-order valence-electron chi connectivity index (χ4n) is 2.43. The number of rotatable bonds is 4. The minimum absolute atomic E-state index is 0.215. The van der Waals surface area contributed by atoms with Gasteiger partial charge in [0.15, 0.2) is 0 Å². The molecule has 0 bridgehead atoms. The van der Waals surface area contributed by atoms with Gasteiger partial charge in [-0.15, -0.1) is 0 Å². The van der Waals surface area contributed by atoms with Crippen molar-refractivity contribution in [2.75, 3.05) is 16.8 Å². The average Bonchev–Trinajstić information content (AvgIpc) is 2.92. The number of pyridine rings is 1. The molecule has 5 heteroatoms. The lowest BCUT2D eigenvalue weighted by atomic mass is 10.2. The molecule has 3 rings (SSSR count). The van der Waals surface area contributed by atoms with Gasteiger partial charge in [-0.05, 0) is 36.2 Å². The molecule has 0 radical (unpaired) electrons. The van der Waals surface area contributed by atoms with Gasteiger partial charge in [0, 0.05) is 37.1 Å². The molecule has 1 saturated heterocycles. The highest BCUT2D eigenvalue weighted by Gasteiger charge is 2.21. The largest absolute Gasteiger partial charge is 0.381 e. The third kappa shape index (κ3) is 3.34. The predicted octanol–water partition coefficient (Wildman–Crippen LogP) is 3.47. The molecular weight excluding hydrogens is 286 g/mol. The first-order valence-corrected chi connectivity index (χ1v) is 7.35. The molecule has 1 fully saturated rings. The average molecular weight is 302 g/mol. The van der Waals surface area contributed by atoms with Crippen LogP contribution in [0, 0.1) is 0 Å². The molecule has 2 aromatic rings. The Morgan fingerprint density at radius 3 is 2.71 bits per heavy atom. The molecule has 0 saturated carbocycles. The Balaban J connectivity index is 1.63. The second kappa shape index (κ2) is 6.14. The van der Waals surface area contributed by atoms with Crippen LogP contribution in [0.25, 0.3) is 0 Å². The highest BCUT2D eigenvalue weighted by molar-refractivity contribution is 6.29. The fourth-order valence-corrected chi connectivity index (χ4v) is 2.61. The summed E-state index contributed by atoms with van der Waals surface area (Å²) in [4.78, 5) is 17.5. The molecule has 1 N–H and O–H groups in total. The summed E-state index contributed by atoms with van der Waals surface area (Å²) in [6.07, 6.45) is 3.28. The molecule has 0 aliphatic carbocycles. The lowest BCUT2D eigenvalue weighted by molar-refractivity contribution is -0.117. The van der Waals surface area contributed by atoms with Crippen molar-refractivity contribution < 1.29 is 4.79 Å². The minimum Gasteiger partial charge on any atom is -0.381 e. The first-order valence-electron chi connectivity index (χ1n) is 6.97. The molecule has 2 heterocycles. The second-order valence-electron chi connectivity index (χ2n) is 5.04. The van der Waals surface area contributed by atoms with Crippen molar-refractivity contribution in [3.63, 3.8) is 0 Å². The molecule has 1 aromatic carbocycles. The molecule has 1 aliphatic heterocycles. The summed E-state index contributed by atoms with van der Waals surface area (Å²) >= 11 is 5.85. The van der Waals surface area contributed by atoms with Crippen LogP contribution in [0.5, 0.6) is 0 Å². The zero-order valence-electron chi connectivity index (χ0n) is 11.6. The third-order valence-electron chi connectivity index (χ3n) is 3.54. The number of aromatic nitrogens is 1. The molecule has 0 unspecified atom stereocenters. The third-order valence-corrected chi connectivity index (χ3v) is 3.75. The molecule has 0 atom stereocenters. The number of carbonyl (C=O) groups is 1. The van der Waals surface area contributed by atoms with E-state index in [0.717, 1.165) is 29.9 Å². The standard InChI is InChI=1S/C16H16ClN3O/c17-15-10-13(7-8-18-15)19-11-12-3-5-14(6-4-12)20-9-1-2-16(20)21/h3-8,10H,1-2,9,11H2,(H,18,19). The van der Waals surface area contributed by atoms with Crippen LogP contribution in [-0.4, -0.2) is 17.4 Å². The van der Waals surface area contributed by atoms with Crippen molar-refractivity contribution in [1.82, 2.24) is 4.98 Å². The van der Waals surface area contributed by atoms with Gasteiger partial charge < -0.3 is 10.2 Å². The second-order valence-corrected chi connectivity index (χ2v) is 5.42. The van der Waals surface area contributed by atoms with Gasteiger partial charge in [0.1, 0.15) is 5.15 Å². The van der Waals surface area contributed by atoms with Crippen LogP contribution in [0.1, 0.15) is 18.4 Å². The number of benzene rings is 1. The van der Waals surface area contributed by atoms with E-state index < -0.39 is 0 Å². The molecule has 1 aliphatic rings. The van der Waals surface area contributed by atoms with Crippen molar-refractivity contribution in [2.45, 2.75) is 19.4 Å². The summed E-state index contributed by atoms with van der Waals surface area (Å²) in [5.41, 5.74) is 3.07. The van der Waals surface area contributed by atoms with Gasteiger partial charge in [-0.1, -0.05) is 23.7 Å². The van der Waals surface area contributed by atoms with Gasteiger partial charge in [0.2, 0.25) is 5.91 Å². The Kier molecular flexibility index (Phi) is 4.06. The number of amides is 1. The van der Waals surface area contributed by atoms with Crippen LogP contribution in [0.3, 0.4) is 0 Å². The summed E-state index contributed by atoms with van der Waals surface area (Å²) in [5.74, 6) is 0.215. The summed E-state index contributed by atoms with van der Waals surface area (Å²) in [5, 5.41) is 3.77. The number of carbonyl (C=O) groups excluding carboxylic acids is 1. The summed E-state index contributed by atoms with van der Waals surface area (Å²) < 4.78 is 0. The molecule has 21 heavy (non-hydrogen) atoms. The van der Waals surface area contributed by atoms with E-state index in [0.29, 0.717) is 18.1 Å². The topological polar surface area (TPSA) is 45.2 Å². The number of halogens is 1. The molecule has 108 valence electrons. The molecule has 0 spiro atoms. The van der Waals surface area contributed by atoms with Gasteiger partial charge in [-0.3, -0.25) is 4.79 Å². The van der Waals surface area contributed by atoms with Crippen molar-refractivity contribution in [3.8, 4) is 0 Å². The van der Waals surface area contributed by atoms with Crippen molar-refractivity contribution in [3.05, 3.63) is 53.3 Å². The van der Waals surface area contributed by atoms with E-state index in [1.807, 2.05) is 35.2 Å². The summed E-state index contributed by atoms with van der Waals surface area (Å²) in [6, 6.07) is 11.7. The summed E-state index contributed by atoms with van der Waals surface area (Å²) in [7, 11) is 0. The van der Waals surface area contributed by atoms with Crippen LogP contribution < -0.4 is 10.2 Å². The number of hydrogen-bond acceptors (Lipinski definition) is 3. The highest BCUT2D eigenvalue weighted by Crippen LogP contribution is 2.22. The number of hydrogen-bond donors (Lipinski definition) is 1. The number of nitrogens with one attached hydrogen (secondary N) is 1. The maximum absolute atomic E-state index is 11.7. The van der Waals surface area contributed by atoms with E-state index >= 15 is 0 Å². The van der Waals surface area contributed by atoms with Gasteiger partial charge >= 0.3 is 0 Å². The van der Waals surface area contributed by atoms with E-state index in [2.05, 4.69) is 10.3 Å². The van der Waals surface area contributed by atoms with Crippen LogP contribution >= 0.6 is 11.6 Å². The monoisotopic (exact) mass is 301 g/mol. The van der Waals surface area contributed by atoms with Gasteiger partial charge in [-0.2, -0.15) is 0 Å². The lowest BCUT2D eigenvalue weighted by Gasteiger charge is -2.16. The van der Waals surface area contributed by atoms with Gasteiger partial charge in [0.25, 0.3) is 0 Å². The van der Waals surface area contributed by atoms with E-state index in [9.17, 15) is 4.79 Å². The Hall–Kier alpha value is -2.07. The zero-order chi connectivity index (χ0) is 14.7. The Morgan fingerprint density at radius 1 is 1.24 bits per heavy atom. The quantitative estimate of drug-likeness (QED) is 0.880. The van der Waals surface area contributed by atoms with E-state index in [4.69, 9.17) is 11.6 Å². The molecule has 4 nitrogen and oxygen atoms in total. The van der Waals surface area contributed by atoms with Crippen LogP contribution in [-0.2, 0) is 11.3 Å².